The van der Waals surface area contributed by atoms with Gasteiger partial charge in [-0.15, -0.1) is 0 Å². The molecule has 0 aliphatic carbocycles. The molecule has 0 aromatic heterocycles. The molecule has 0 unspecified atom stereocenters. The van der Waals surface area contributed by atoms with Gasteiger partial charge in [0.05, 0.1) is 12.2 Å². The van der Waals surface area contributed by atoms with Gasteiger partial charge in [0.25, 0.3) is 0 Å². The summed E-state index contributed by atoms with van der Waals surface area (Å²) in [6, 6.07) is 7.64. The molecule has 0 bridgehead atoms. The van der Waals surface area contributed by atoms with E-state index in [9.17, 15) is 9.90 Å². The third-order valence-electron chi connectivity index (χ3n) is 4.02. The molecule has 5 nitrogen and oxygen atoms in total. The zero-order chi connectivity index (χ0) is 15.3. The summed E-state index contributed by atoms with van der Waals surface area (Å²) in [5.74, 6) is 0. The van der Waals surface area contributed by atoms with Crippen LogP contribution in [0.3, 0.4) is 0 Å². The molecule has 5 heteroatoms. The molecular formula is C16H23NO4. The average molecular weight is 293 g/mol. The topological polar surface area (TPSA) is 70.0 Å². The van der Waals surface area contributed by atoms with Crippen molar-refractivity contribution in [1.29, 1.82) is 0 Å². The number of rotatable bonds is 4. The van der Waals surface area contributed by atoms with Crippen molar-refractivity contribution < 1.29 is 19.7 Å². The van der Waals surface area contributed by atoms with Crippen molar-refractivity contribution >= 4 is 6.09 Å². The molecule has 1 aliphatic heterocycles. The highest BCUT2D eigenvalue weighted by molar-refractivity contribution is 5.67. The lowest BCUT2D eigenvalue weighted by molar-refractivity contribution is -0.0250. The SMILES string of the molecule is CCOC(=O)N1CCC(O)(c2ccccc2CCO)CC1. The molecule has 0 atom stereocenters. The summed E-state index contributed by atoms with van der Waals surface area (Å²) in [4.78, 5) is 13.3. The van der Waals surface area contributed by atoms with Gasteiger partial charge in [-0.1, -0.05) is 24.3 Å². The quantitative estimate of drug-likeness (QED) is 0.886. The number of carbonyl (C=O) groups excluding carboxylic acids is 1. The first-order valence-electron chi connectivity index (χ1n) is 7.44. The number of likely N-dealkylation sites (tertiary alicyclic amines) is 1. The zero-order valence-corrected chi connectivity index (χ0v) is 12.4. The zero-order valence-electron chi connectivity index (χ0n) is 12.4. The van der Waals surface area contributed by atoms with Crippen LogP contribution in [0.4, 0.5) is 4.79 Å². The lowest BCUT2D eigenvalue weighted by atomic mass is 9.81. The molecule has 1 amide bonds. The Morgan fingerprint density at radius 3 is 2.62 bits per heavy atom. The van der Waals surface area contributed by atoms with Crippen LogP contribution in [0.2, 0.25) is 0 Å². The van der Waals surface area contributed by atoms with E-state index in [2.05, 4.69) is 0 Å². The van der Waals surface area contributed by atoms with E-state index in [0.29, 0.717) is 39.0 Å². The number of aliphatic hydroxyl groups excluding tert-OH is 1. The number of carbonyl (C=O) groups is 1. The van der Waals surface area contributed by atoms with E-state index in [1.165, 1.54) is 0 Å². The summed E-state index contributed by atoms with van der Waals surface area (Å²) in [6.07, 6.45) is 1.17. The number of piperidine rings is 1. The number of hydrogen-bond acceptors (Lipinski definition) is 4. The van der Waals surface area contributed by atoms with E-state index in [4.69, 9.17) is 9.84 Å². The number of ether oxygens (including phenoxy) is 1. The Morgan fingerprint density at radius 2 is 2.00 bits per heavy atom. The normalized spacial score (nSPS) is 17.6. The predicted molar refractivity (Wildman–Crippen MR) is 79.0 cm³/mol. The fourth-order valence-corrected chi connectivity index (χ4v) is 2.86. The number of hydrogen-bond donors (Lipinski definition) is 2. The number of nitrogens with zero attached hydrogens (tertiary/aromatic N) is 1. The predicted octanol–water partition coefficient (Wildman–Crippen LogP) is 1.66. The van der Waals surface area contributed by atoms with Crippen LogP contribution in [0.15, 0.2) is 24.3 Å². The lowest BCUT2D eigenvalue weighted by Gasteiger charge is -2.38. The largest absolute Gasteiger partial charge is 0.450 e. The number of benzene rings is 1. The van der Waals surface area contributed by atoms with Crippen LogP contribution < -0.4 is 0 Å². The summed E-state index contributed by atoms with van der Waals surface area (Å²) < 4.78 is 4.99. The van der Waals surface area contributed by atoms with Crippen LogP contribution in [0, 0.1) is 0 Å². The Bertz CT molecular complexity index is 481. The Morgan fingerprint density at radius 1 is 1.33 bits per heavy atom. The molecule has 0 saturated carbocycles. The van der Waals surface area contributed by atoms with Crippen molar-refractivity contribution in [3.05, 3.63) is 35.4 Å². The Balaban J connectivity index is 2.10. The molecule has 2 rings (SSSR count). The lowest BCUT2D eigenvalue weighted by Crippen LogP contribution is -2.45. The maximum Gasteiger partial charge on any atom is 0.409 e. The van der Waals surface area contributed by atoms with Crippen molar-refractivity contribution in [2.45, 2.75) is 31.8 Å². The smallest absolute Gasteiger partial charge is 0.409 e. The summed E-state index contributed by atoms with van der Waals surface area (Å²) in [7, 11) is 0. The van der Waals surface area contributed by atoms with Gasteiger partial charge in [0.1, 0.15) is 0 Å². The molecule has 0 radical (unpaired) electrons. The van der Waals surface area contributed by atoms with Gasteiger partial charge >= 0.3 is 6.09 Å². The fourth-order valence-electron chi connectivity index (χ4n) is 2.86. The van der Waals surface area contributed by atoms with Crippen LogP contribution in [0.1, 0.15) is 30.9 Å². The molecule has 1 aliphatic rings. The van der Waals surface area contributed by atoms with Gasteiger partial charge in [0, 0.05) is 19.7 Å². The molecule has 1 aromatic carbocycles. The second-order valence-corrected chi connectivity index (χ2v) is 5.35. The van der Waals surface area contributed by atoms with Crippen molar-refractivity contribution in [2.24, 2.45) is 0 Å². The van der Waals surface area contributed by atoms with Gasteiger partial charge < -0.3 is 19.8 Å². The van der Waals surface area contributed by atoms with Crippen LogP contribution >= 0.6 is 0 Å². The van der Waals surface area contributed by atoms with E-state index in [1.807, 2.05) is 24.3 Å². The minimum atomic E-state index is -0.936. The first kappa shape index (κ1) is 15.8. The summed E-state index contributed by atoms with van der Waals surface area (Å²) in [6.45, 7) is 3.15. The molecule has 1 aromatic rings. The van der Waals surface area contributed by atoms with E-state index in [-0.39, 0.29) is 12.7 Å². The third-order valence-corrected chi connectivity index (χ3v) is 4.02. The third kappa shape index (κ3) is 3.54. The van der Waals surface area contributed by atoms with Crippen LogP contribution in [-0.4, -0.2) is 47.5 Å². The van der Waals surface area contributed by atoms with Gasteiger partial charge in [0.15, 0.2) is 0 Å². The van der Waals surface area contributed by atoms with Crippen LogP contribution in [0.5, 0.6) is 0 Å². The van der Waals surface area contributed by atoms with E-state index in [0.717, 1.165) is 11.1 Å². The summed E-state index contributed by atoms with van der Waals surface area (Å²) >= 11 is 0. The van der Waals surface area contributed by atoms with Crippen molar-refractivity contribution in [1.82, 2.24) is 4.90 Å². The Hall–Kier alpha value is -1.59. The second-order valence-electron chi connectivity index (χ2n) is 5.35. The second kappa shape index (κ2) is 6.91. The molecule has 1 heterocycles. The van der Waals surface area contributed by atoms with Crippen molar-refractivity contribution in [2.75, 3.05) is 26.3 Å². The van der Waals surface area contributed by atoms with Crippen LogP contribution in [0.25, 0.3) is 0 Å². The van der Waals surface area contributed by atoms with Crippen molar-refractivity contribution in [3.8, 4) is 0 Å². The highest BCUT2D eigenvalue weighted by atomic mass is 16.6. The Kier molecular flexibility index (Phi) is 5.20. The highest BCUT2D eigenvalue weighted by Gasteiger charge is 2.36. The molecule has 2 N–H and O–H groups in total. The molecule has 1 saturated heterocycles. The Labute approximate surface area is 125 Å². The summed E-state index contributed by atoms with van der Waals surface area (Å²) in [5, 5.41) is 20.1. The van der Waals surface area contributed by atoms with E-state index < -0.39 is 5.60 Å². The minimum absolute atomic E-state index is 0.0576. The number of amides is 1. The monoisotopic (exact) mass is 293 g/mol. The number of aliphatic hydroxyl groups is 2. The first-order chi connectivity index (χ1) is 10.1. The maximum absolute atomic E-state index is 11.7. The molecular weight excluding hydrogens is 270 g/mol. The minimum Gasteiger partial charge on any atom is -0.450 e. The highest BCUT2D eigenvalue weighted by Crippen LogP contribution is 2.35. The van der Waals surface area contributed by atoms with E-state index in [1.54, 1.807) is 11.8 Å². The van der Waals surface area contributed by atoms with Gasteiger partial charge in [0.2, 0.25) is 0 Å². The van der Waals surface area contributed by atoms with E-state index >= 15 is 0 Å². The van der Waals surface area contributed by atoms with Crippen LogP contribution in [-0.2, 0) is 16.8 Å². The molecule has 1 fully saturated rings. The first-order valence-corrected chi connectivity index (χ1v) is 7.44. The van der Waals surface area contributed by atoms with Gasteiger partial charge in [-0.25, -0.2) is 4.79 Å². The van der Waals surface area contributed by atoms with Gasteiger partial charge in [-0.3, -0.25) is 0 Å². The van der Waals surface area contributed by atoms with Crippen molar-refractivity contribution in [3.63, 3.8) is 0 Å². The van der Waals surface area contributed by atoms with Gasteiger partial charge in [-0.2, -0.15) is 0 Å². The van der Waals surface area contributed by atoms with Gasteiger partial charge in [-0.05, 0) is 37.3 Å². The summed E-state index contributed by atoms with van der Waals surface area (Å²) in [5.41, 5.74) is 0.893. The molecule has 21 heavy (non-hydrogen) atoms. The molecule has 0 spiro atoms. The fraction of sp³-hybridized carbons (Fsp3) is 0.562. The molecule has 116 valence electrons. The standard InChI is InChI=1S/C16H23NO4/c1-2-21-15(19)17-10-8-16(20,9-11-17)14-6-4-3-5-13(14)7-12-18/h3-6,18,20H,2,7-12H2,1H3. The average Bonchev–Trinajstić information content (AvgIpc) is 2.49. The maximum atomic E-state index is 11.7.